The largest absolute Gasteiger partial charge is 0.0999 e. The molecule has 0 saturated heterocycles. The van der Waals surface area contributed by atoms with Crippen LogP contribution in [0.2, 0.25) is 24.2 Å². The van der Waals surface area contributed by atoms with Crippen molar-refractivity contribution < 1.29 is 0 Å². The third kappa shape index (κ3) is 3.68. The van der Waals surface area contributed by atoms with E-state index >= 15 is 0 Å². The van der Waals surface area contributed by atoms with E-state index in [0.29, 0.717) is 0 Å². The van der Waals surface area contributed by atoms with E-state index in [1.54, 1.807) is 0 Å². The van der Waals surface area contributed by atoms with Gasteiger partial charge >= 0.3 is 0 Å². The van der Waals surface area contributed by atoms with Crippen LogP contribution in [0.5, 0.6) is 0 Å². The Morgan fingerprint density at radius 2 is 1.54 bits per heavy atom. The first kappa shape index (κ1) is 13.0. The van der Waals surface area contributed by atoms with Crippen molar-refractivity contribution in [2.45, 2.75) is 58.8 Å². The second-order valence-corrected chi connectivity index (χ2v) is 10.0. The molecule has 0 aliphatic carbocycles. The van der Waals surface area contributed by atoms with Crippen LogP contribution in [0.1, 0.15) is 34.6 Å². The van der Waals surface area contributed by atoms with E-state index in [1.807, 2.05) is 0 Å². The average Bonchev–Trinajstić information content (AvgIpc) is 2.14. The highest BCUT2D eigenvalue weighted by Crippen LogP contribution is 2.31. The number of allylic oxidation sites excluding steroid dienone is 1. The summed E-state index contributed by atoms with van der Waals surface area (Å²) in [5.74, 6) is 0.742. The summed E-state index contributed by atoms with van der Waals surface area (Å²) in [7, 11) is -0.904. The molecule has 13 heavy (non-hydrogen) atoms. The molecule has 1 heteroatoms. The number of rotatable bonds is 6. The fourth-order valence-corrected chi connectivity index (χ4v) is 6.02. The summed E-state index contributed by atoms with van der Waals surface area (Å²) in [5.41, 5.74) is 1.37. The predicted octanol–water partition coefficient (Wildman–Crippen LogP) is 4.71. The molecule has 0 radical (unpaired) electrons. The first-order valence-electron chi connectivity index (χ1n) is 5.66. The minimum atomic E-state index is -0.904. The van der Waals surface area contributed by atoms with E-state index in [9.17, 15) is 0 Å². The van der Waals surface area contributed by atoms with Gasteiger partial charge < -0.3 is 0 Å². The predicted molar refractivity (Wildman–Crippen MR) is 66.0 cm³/mol. The lowest BCUT2D eigenvalue weighted by Gasteiger charge is -2.31. The second kappa shape index (κ2) is 5.64. The van der Waals surface area contributed by atoms with Gasteiger partial charge in [-0.2, -0.15) is 0 Å². The molecule has 0 aliphatic heterocycles. The van der Waals surface area contributed by atoms with Crippen molar-refractivity contribution in [3.8, 4) is 0 Å². The molecule has 0 rings (SSSR count). The molecular weight excluding hydrogens is 172 g/mol. The van der Waals surface area contributed by atoms with Crippen molar-refractivity contribution in [2.24, 2.45) is 5.92 Å². The van der Waals surface area contributed by atoms with Crippen LogP contribution in [0.25, 0.3) is 0 Å². The van der Waals surface area contributed by atoms with Crippen LogP contribution in [0.15, 0.2) is 12.2 Å². The Balaban J connectivity index is 4.32. The van der Waals surface area contributed by atoms with Crippen molar-refractivity contribution in [1.82, 2.24) is 0 Å². The molecule has 1 unspecified atom stereocenters. The molecule has 0 amide bonds. The molecule has 0 saturated carbocycles. The van der Waals surface area contributed by atoms with E-state index in [1.165, 1.54) is 29.7 Å². The smallest absolute Gasteiger partial charge is 0.0533 e. The zero-order chi connectivity index (χ0) is 10.5. The van der Waals surface area contributed by atoms with Gasteiger partial charge in [-0.05, 0) is 12.8 Å². The van der Waals surface area contributed by atoms with Crippen LogP contribution in [0.3, 0.4) is 0 Å². The van der Waals surface area contributed by atoms with Gasteiger partial charge in [0.15, 0.2) is 0 Å². The van der Waals surface area contributed by atoms with Crippen LogP contribution < -0.4 is 0 Å². The first-order chi connectivity index (χ1) is 6.01. The quantitative estimate of drug-likeness (QED) is 0.428. The lowest BCUT2D eigenvalue weighted by Crippen LogP contribution is -2.33. The van der Waals surface area contributed by atoms with Crippen LogP contribution >= 0.6 is 0 Å². The van der Waals surface area contributed by atoms with Gasteiger partial charge in [-0.25, -0.2) is 0 Å². The summed E-state index contributed by atoms with van der Waals surface area (Å²) in [4.78, 5) is 0. The molecule has 0 aromatic heterocycles. The van der Waals surface area contributed by atoms with E-state index in [0.717, 1.165) is 5.92 Å². The molecule has 0 N–H and O–H groups in total. The van der Waals surface area contributed by atoms with Gasteiger partial charge in [0.1, 0.15) is 0 Å². The number of hydrogen-bond donors (Lipinski definition) is 0. The Bertz CT molecular complexity index is 148. The van der Waals surface area contributed by atoms with Crippen LogP contribution in [0.4, 0.5) is 0 Å². The van der Waals surface area contributed by atoms with Crippen molar-refractivity contribution >= 4 is 8.07 Å². The Morgan fingerprint density at radius 3 is 1.77 bits per heavy atom. The van der Waals surface area contributed by atoms with E-state index < -0.39 is 8.07 Å². The molecule has 0 aromatic carbocycles. The lowest BCUT2D eigenvalue weighted by atomic mass is 10.1. The van der Waals surface area contributed by atoms with Gasteiger partial charge in [0.05, 0.1) is 8.07 Å². The normalized spacial score (nSPS) is 14.2. The van der Waals surface area contributed by atoms with E-state index in [2.05, 4.69) is 41.2 Å². The second-order valence-electron chi connectivity index (χ2n) is 4.51. The van der Waals surface area contributed by atoms with Gasteiger partial charge in [0, 0.05) is 0 Å². The molecule has 0 nitrogen and oxygen atoms in total. The maximum Gasteiger partial charge on any atom is 0.0533 e. The molecule has 78 valence electrons. The number of hydrogen-bond acceptors (Lipinski definition) is 0. The monoisotopic (exact) mass is 198 g/mol. The molecule has 0 heterocycles. The Labute approximate surface area is 85.4 Å². The molecule has 0 fully saturated rings. The van der Waals surface area contributed by atoms with Crippen LogP contribution in [0, 0.1) is 5.92 Å². The molecule has 0 aliphatic rings. The molecule has 0 bridgehead atoms. The molecule has 0 spiro atoms. The highest BCUT2D eigenvalue weighted by molar-refractivity contribution is 6.79. The summed E-state index contributed by atoms with van der Waals surface area (Å²) < 4.78 is 0. The first-order valence-corrected chi connectivity index (χ1v) is 8.49. The summed E-state index contributed by atoms with van der Waals surface area (Å²) in [6.45, 7) is 15.7. The van der Waals surface area contributed by atoms with Crippen molar-refractivity contribution in [3.63, 3.8) is 0 Å². The summed E-state index contributed by atoms with van der Waals surface area (Å²) >= 11 is 0. The SMILES string of the molecule is C=C(C)C(C)C[Si](CC)(CC)CC. The fourth-order valence-electron chi connectivity index (χ4n) is 2.01. The summed E-state index contributed by atoms with van der Waals surface area (Å²) in [6.07, 6.45) is 0. The van der Waals surface area contributed by atoms with Gasteiger partial charge in [-0.1, -0.05) is 64.0 Å². The zero-order valence-corrected chi connectivity index (χ0v) is 11.1. The molecular formula is C12H26Si. The van der Waals surface area contributed by atoms with Gasteiger partial charge in [0.2, 0.25) is 0 Å². The van der Waals surface area contributed by atoms with Crippen molar-refractivity contribution in [1.29, 1.82) is 0 Å². The van der Waals surface area contributed by atoms with Crippen LogP contribution in [-0.2, 0) is 0 Å². The maximum atomic E-state index is 4.06. The van der Waals surface area contributed by atoms with Crippen molar-refractivity contribution in [3.05, 3.63) is 12.2 Å². The Morgan fingerprint density at radius 1 is 1.15 bits per heavy atom. The van der Waals surface area contributed by atoms with E-state index in [-0.39, 0.29) is 0 Å². The highest BCUT2D eigenvalue weighted by Gasteiger charge is 2.28. The highest BCUT2D eigenvalue weighted by atomic mass is 28.3. The lowest BCUT2D eigenvalue weighted by molar-refractivity contribution is 0.745. The van der Waals surface area contributed by atoms with Gasteiger partial charge in [-0.15, -0.1) is 0 Å². The Hall–Kier alpha value is -0.0431. The van der Waals surface area contributed by atoms with Crippen molar-refractivity contribution in [2.75, 3.05) is 0 Å². The summed E-state index contributed by atoms with van der Waals surface area (Å²) in [5, 5.41) is 0. The minimum absolute atomic E-state index is 0.742. The summed E-state index contributed by atoms with van der Waals surface area (Å²) in [6, 6.07) is 5.78. The van der Waals surface area contributed by atoms with Crippen LogP contribution in [-0.4, -0.2) is 8.07 Å². The Kier molecular flexibility index (Phi) is 5.62. The van der Waals surface area contributed by atoms with Gasteiger partial charge in [0.25, 0.3) is 0 Å². The van der Waals surface area contributed by atoms with E-state index in [4.69, 9.17) is 0 Å². The molecule has 0 aromatic rings. The average molecular weight is 198 g/mol. The van der Waals surface area contributed by atoms with Gasteiger partial charge in [-0.3, -0.25) is 0 Å². The minimum Gasteiger partial charge on any atom is -0.0999 e. The standard InChI is InChI=1S/C12H26Si/c1-7-13(8-2,9-3)10-12(6)11(4)5/h12H,4,7-10H2,1-3,5-6H3. The third-order valence-electron chi connectivity index (χ3n) is 3.83. The fraction of sp³-hybridized carbons (Fsp3) is 0.833. The third-order valence-corrected chi connectivity index (χ3v) is 9.81. The maximum absolute atomic E-state index is 4.06. The molecule has 1 atom stereocenters. The zero-order valence-electron chi connectivity index (χ0n) is 10.1. The topological polar surface area (TPSA) is 0 Å².